The molecule has 0 aromatic heterocycles. The van der Waals surface area contributed by atoms with E-state index in [1.165, 1.54) is 18.2 Å². The van der Waals surface area contributed by atoms with E-state index < -0.39 is 27.4 Å². The fourth-order valence-electron chi connectivity index (χ4n) is 2.33. The molecular weight excluding hydrogens is 346 g/mol. The largest absolute Gasteiger partial charge is 0.368 e. The van der Waals surface area contributed by atoms with Gasteiger partial charge in [0, 0.05) is 12.1 Å². The second-order valence-electron chi connectivity index (χ2n) is 5.45. The van der Waals surface area contributed by atoms with Crippen molar-refractivity contribution in [1.29, 1.82) is 0 Å². The molecule has 0 bridgehead atoms. The maximum absolute atomic E-state index is 13.0. The Morgan fingerprint density at radius 3 is 2.44 bits per heavy atom. The summed E-state index contributed by atoms with van der Waals surface area (Å²) in [5.74, 6) is -0.838. The molecule has 0 aliphatic carbocycles. The quantitative estimate of drug-likeness (QED) is 0.620. The van der Waals surface area contributed by atoms with E-state index in [0.717, 1.165) is 15.9 Å². The Morgan fingerprint density at radius 1 is 1.20 bits per heavy atom. The highest BCUT2D eigenvalue weighted by Gasteiger charge is 2.29. The number of aryl methyl sites for hydroxylation is 1. The summed E-state index contributed by atoms with van der Waals surface area (Å²) in [5, 5.41) is 10.9. The maximum atomic E-state index is 13.0. The molecular formula is C16H17N3O5S. The zero-order valence-corrected chi connectivity index (χ0v) is 14.5. The van der Waals surface area contributed by atoms with E-state index in [2.05, 4.69) is 0 Å². The summed E-state index contributed by atoms with van der Waals surface area (Å²) in [7, 11) is -4.22. The van der Waals surface area contributed by atoms with Crippen molar-refractivity contribution >= 4 is 27.3 Å². The lowest BCUT2D eigenvalue weighted by atomic mass is 10.1. The zero-order chi connectivity index (χ0) is 18.8. The average Bonchev–Trinajstić information content (AvgIpc) is 2.55. The van der Waals surface area contributed by atoms with Crippen LogP contribution < -0.4 is 10.0 Å². The Kier molecular flexibility index (Phi) is 5.07. The molecule has 0 heterocycles. The summed E-state index contributed by atoms with van der Waals surface area (Å²) in [6.07, 6.45) is 0. The number of rotatable bonds is 6. The van der Waals surface area contributed by atoms with Gasteiger partial charge in [-0.15, -0.1) is 0 Å². The van der Waals surface area contributed by atoms with E-state index in [1.54, 1.807) is 32.0 Å². The van der Waals surface area contributed by atoms with E-state index in [-0.39, 0.29) is 10.6 Å². The molecule has 0 radical (unpaired) electrons. The predicted octanol–water partition coefficient (Wildman–Crippen LogP) is 1.89. The molecule has 132 valence electrons. The van der Waals surface area contributed by atoms with Gasteiger partial charge in [-0.05, 0) is 37.1 Å². The lowest BCUT2D eigenvalue weighted by Gasteiger charge is -2.25. The highest BCUT2D eigenvalue weighted by molar-refractivity contribution is 7.92. The van der Waals surface area contributed by atoms with Gasteiger partial charge in [0.1, 0.15) is 6.54 Å². The van der Waals surface area contributed by atoms with Gasteiger partial charge in [0.2, 0.25) is 5.91 Å². The van der Waals surface area contributed by atoms with E-state index in [9.17, 15) is 23.3 Å². The third-order valence-electron chi connectivity index (χ3n) is 3.76. The van der Waals surface area contributed by atoms with Crippen LogP contribution in [-0.2, 0) is 14.8 Å². The second-order valence-corrected chi connectivity index (χ2v) is 7.31. The van der Waals surface area contributed by atoms with Crippen LogP contribution in [0.25, 0.3) is 0 Å². The van der Waals surface area contributed by atoms with E-state index >= 15 is 0 Å². The van der Waals surface area contributed by atoms with Gasteiger partial charge in [0.15, 0.2) is 0 Å². The van der Waals surface area contributed by atoms with E-state index in [4.69, 9.17) is 5.73 Å². The minimum atomic E-state index is -4.22. The number of non-ortho nitro benzene ring substituents is 1. The molecule has 0 unspecified atom stereocenters. The Hall–Kier alpha value is -2.94. The molecule has 1 amide bonds. The highest BCUT2D eigenvalue weighted by atomic mass is 32.2. The van der Waals surface area contributed by atoms with Crippen molar-refractivity contribution in [1.82, 2.24) is 0 Å². The van der Waals surface area contributed by atoms with Crippen molar-refractivity contribution in [2.75, 3.05) is 10.8 Å². The minimum Gasteiger partial charge on any atom is -0.368 e. The van der Waals surface area contributed by atoms with Gasteiger partial charge in [-0.1, -0.05) is 18.2 Å². The summed E-state index contributed by atoms with van der Waals surface area (Å²) in [6.45, 7) is 2.96. The van der Waals surface area contributed by atoms with Crippen LogP contribution in [0.5, 0.6) is 0 Å². The number of hydrogen-bond acceptors (Lipinski definition) is 5. The van der Waals surface area contributed by atoms with Crippen LogP contribution in [0.2, 0.25) is 0 Å². The summed E-state index contributed by atoms with van der Waals surface area (Å²) >= 11 is 0. The summed E-state index contributed by atoms with van der Waals surface area (Å²) in [5.41, 5.74) is 6.65. The first kappa shape index (κ1) is 18.4. The van der Waals surface area contributed by atoms with Crippen molar-refractivity contribution in [3.05, 3.63) is 63.7 Å². The van der Waals surface area contributed by atoms with Crippen molar-refractivity contribution in [3.63, 3.8) is 0 Å². The van der Waals surface area contributed by atoms with Gasteiger partial charge in [0.25, 0.3) is 15.7 Å². The van der Waals surface area contributed by atoms with Gasteiger partial charge in [-0.25, -0.2) is 8.42 Å². The lowest BCUT2D eigenvalue weighted by Crippen LogP contribution is -2.39. The molecule has 0 atom stereocenters. The van der Waals surface area contributed by atoms with Crippen LogP contribution in [-0.4, -0.2) is 25.8 Å². The second kappa shape index (κ2) is 6.89. The molecule has 2 rings (SSSR count). The number of nitro benzene ring substituents is 1. The molecule has 2 aromatic carbocycles. The Bertz CT molecular complexity index is 941. The third-order valence-corrected chi connectivity index (χ3v) is 5.52. The molecule has 0 spiro atoms. The van der Waals surface area contributed by atoms with Crippen molar-refractivity contribution in [2.24, 2.45) is 5.73 Å². The normalized spacial score (nSPS) is 11.1. The van der Waals surface area contributed by atoms with E-state index in [1.807, 2.05) is 0 Å². The smallest absolute Gasteiger partial charge is 0.270 e. The molecule has 25 heavy (non-hydrogen) atoms. The summed E-state index contributed by atoms with van der Waals surface area (Å²) in [6, 6.07) is 9.68. The van der Waals surface area contributed by atoms with Crippen molar-refractivity contribution in [3.8, 4) is 0 Å². The number of nitro groups is 1. The number of hydrogen-bond donors (Lipinski definition) is 1. The topological polar surface area (TPSA) is 124 Å². The van der Waals surface area contributed by atoms with Crippen LogP contribution in [0.4, 0.5) is 11.4 Å². The zero-order valence-electron chi connectivity index (χ0n) is 13.7. The molecule has 8 nitrogen and oxygen atoms in total. The number of carbonyl (C=O) groups excluding carboxylic acids is 1. The minimum absolute atomic E-state index is 0.288. The van der Waals surface area contributed by atoms with Gasteiger partial charge >= 0.3 is 0 Å². The molecule has 0 saturated carbocycles. The molecule has 2 aromatic rings. The molecule has 0 aliphatic rings. The lowest BCUT2D eigenvalue weighted by molar-refractivity contribution is -0.385. The van der Waals surface area contributed by atoms with Crippen molar-refractivity contribution in [2.45, 2.75) is 18.7 Å². The number of primary amides is 1. The SMILES string of the molecule is Cc1cccc(N(CC(N)=O)S(=O)(=O)c2cccc([N+](=O)[O-])c2)c1C. The summed E-state index contributed by atoms with van der Waals surface area (Å²) < 4.78 is 26.9. The standard InChI is InChI=1S/C16H17N3O5S/c1-11-5-3-8-15(12(11)2)18(10-16(17)20)25(23,24)14-7-4-6-13(9-14)19(21)22/h3-9H,10H2,1-2H3,(H2,17,20). The maximum Gasteiger partial charge on any atom is 0.270 e. The molecule has 2 N–H and O–H groups in total. The third kappa shape index (κ3) is 3.77. The predicted molar refractivity (Wildman–Crippen MR) is 92.7 cm³/mol. The number of benzene rings is 2. The molecule has 0 saturated heterocycles. The Balaban J connectivity index is 2.64. The number of carbonyl (C=O) groups is 1. The van der Waals surface area contributed by atoms with Crippen molar-refractivity contribution < 1.29 is 18.1 Å². The number of nitrogens with zero attached hydrogens (tertiary/aromatic N) is 2. The van der Waals surface area contributed by atoms with Gasteiger partial charge in [0.05, 0.1) is 15.5 Å². The van der Waals surface area contributed by atoms with Crippen LogP contribution >= 0.6 is 0 Å². The van der Waals surface area contributed by atoms with Crippen LogP contribution in [0.15, 0.2) is 47.4 Å². The van der Waals surface area contributed by atoms with Gasteiger partial charge < -0.3 is 5.73 Å². The number of anilines is 1. The number of nitrogens with two attached hydrogens (primary N) is 1. The fraction of sp³-hybridized carbons (Fsp3) is 0.188. The first-order chi connectivity index (χ1) is 11.6. The monoisotopic (exact) mass is 363 g/mol. The molecule has 9 heteroatoms. The van der Waals surface area contributed by atoms with Gasteiger partial charge in [-0.2, -0.15) is 0 Å². The first-order valence-electron chi connectivity index (χ1n) is 7.26. The van der Waals surface area contributed by atoms with Crippen LogP contribution in [0.1, 0.15) is 11.1 Å². The number of sulfonamides is 1. The average molecular weight is 363 g/mol. The van der Waals surface area contributed by atoms with Gasteiger partial charge in [-0.3, -0.25) is 19.2 Å². The first-order valence-corrected chi connectivity index (χ1v) is 8.70. The molecule has 0 fully saturated rings. The van der Waals surface area contributed by atoms with Crippen LogP contribution in [0.3, 0.4) is 0 Å². The van der Waals surface area contributed by atoms with Crippen LogP contribution in [0, 0.1) is 24.0 Å². The summed E-state index contributed by atoms with van der Waals surface area (Å²) in [4.78, 5) is 21.4. The highest BCUT2D eigenvalue weighted by Crippen LogP contribution is 2.29. The van der Waals surface area contributed by atoms with E-state index in [0.29, 0.717) is 11.3 Å². The Labute approximate surface area is 145 Å². The Morgan fingerprint density at radius 2 is 1.84 bits per heavy atom. The number of amides is 1. The molecule has 0 aliphatic heterocycles. The fourth-order valence-corrected chi connectivity index (χ4v) is 3.86.